The number of fused-ring (bicyclic) bond motifs is 1. The number of ether oxygens (including phenoxy) is 1. The monoisotopic (exact) mass is 456 g/mol. The Balaban J connectivity index is 1.67. The zero-order chi connectivity index (χ0) is 22.2. The van der Waals surface area contributed by atoms with E-state index in [0.717, 1.165) is 4.09 Å². The maximum absolute atomic E-state index is 13.3. The summed E-state index contributed by atoms with van der Waals surface area (Å²) < 4.78 is 70.8. The van der Waals surface area contributed by atoms with Gasteiger partial charge < -0.3 is 15.4 Å². The van der Waals surface area contributed by atoms with Gasteiger partial charge in [-0.15, -0.1) is 0 Å². The van der Waals surface area contributed by atoms with Crippen molar-refractivity contribution in [3.63, 3.8) is 0 Å². The second-order valence-corrected chi connectivity index (χ2v) is 9.01. The van der Waals surface area contributed by atoms with Gasteiger partial charge in [-0.3, -0.25) is 0 Å². The summed E-state index contributed by atoms with van der Waals surface area (Å²) in [6.07, 6.45) is -1.36. The largest absolute Gasteiger partial charge is 0.421 e. The molecule has 0 unspecified atom stereocenters. The fraction of sp³-hybridized carbons (Fsp3) is 0.389. The lowest BCUT2D eigenvalue weighted by atomic mass is 10.2. The van der Waals surface area contributed by atoms with E-state index in [1.54, 1.807) is 18.2 Å². The van der Waals surface area contributed by atoms with Crippen molar-refractivity contribution >= 4 is 38.4 Å². The Morgan fingerprint density at radius 2 is 2.03 bits per heavy atom. The minimum absolute atomic E-state index is 0.0850. The van der Waals surface area contributed by atoms with E-state index in [-0.39, 0.29) is 24.9 Å². The SMILES string of the molecule is COCCNc1nc(Nc2cccc3c2cnn3S(=O)(=O)C2CC2)ncc1C(F)(F)F. The molecule has 31 heavy (non-hydrogen) atoms. The van der Waals surface area contributed by atoms with Crippen molar-refractivity contribution in [2.24, 2.45) is 0 Å². The minimum Gasteiger partial charge on any atom is -0.383 e. The van der Waals surface area contributed by atoms with Crippen LogP contribution in [0.2, 0.25) is 0 Å². The Hall–Kier alpha value is -2.93. The Bertz CT molecular complexity index is 1210. The molecule has 0 bridgehead atoms. The van der Waals surface area contributed by atoms with Gasteiger partial charge in [0.05, 0.1) is 29.3 Å². The van der Waals surface area contributed by atoms with Gasteiger partial charge in [-0.1, -0.05) is 6.07 Å². The predicted molar refractivity (Wildman–Crippen MR) is 108 cm³/mol. The van der Waals surface area contributed by atoms with Crippen molar-refractivity contribution in [2.75, 3.05) is 30.9 Å². The number of nitrogens with zero attached hydrogens (tertiary/aromatic N) is 4. The first kappa shape index (κ1) is 21.3. The highest BCUT2D eigenvalue weighted by atomic mass is 32.2. The summed E-state index contributed by atoms with van der Waals surface area (Å²) in [4.78, 5) is 7.72. The van der Waals surface area contributed by atoms with E-state index >= 15 is 0 Å². The Kier molecular flexibility index (Phi) is 5.47. The molecule has 1 aliphatic carbocycles. The fourth-order valence-corrected chi connectivity index (χ4v) is 4.65. The lowest BCUT2D eigenvalue weighted by molar-refractivity contribution is -0.137. The molecule has 4 rings (SSSR count). The highest BCUT2D eigenvalue weighted by molar-refractivity contribution is 7.90. The first-order valence-electron chi connectivity index (χ1n) is 9.37. The van der Waals surface area contributed by atoms with Crippen LogP contribution in [-0.2, 0) is 20.9 Å². The molecule has 0 spiro atoms. The van der Waals surface area contributed by atoms with E-state index in [1.807, 2.05) is 0 Å². The molecular formula is C18H19F3N6O3S. The molecule has 0 amide bonds. The van der Waals surface area contributed by atoms with Gasteiger partial charge in [0.15, 0.2) is 0 Å². The molecule has 0 atom stereocenters. The number of hydrogen-bond acceptors (Lipinski definition) is 8. The fourth-order valence-electron chi connectivity index (χ4n) is 3.02. The molecule has 9 nitrogen and oxygen atoms in total. The number of benzene rings is 1. The number of rotatable bonds is 8. The molecule has 0 saturated heterocycles. The summed E-state index contributed by atoms with van der Waals surface area (Å²) in [5.74, 6) is -0.473. The van der Waals surface area contributed by atoms with E-state index in [2.05, 4.69) is 25.7 Å². The molecule has 13 heteroatoms. The van der Waals surface area contributed by atoms with Crippen LogP contribution >= 0.6 is 0 Å². The van der Waals surface area contributed by atoms with Crippen LogP contribution < -0.4 is 10.6 Å². The Morgan fingerprint density at radius 1 is 1.26 bits per heavy atom. The number of halogens is 3. The van der Waals surface area contributed by atoms with E-state index in [9.17, 15) is 21.6 Å². The van der Waals surface area contributed by atoms with Gasteiger partial charge in [-0.2, -0.15) is 27.3 Å². The summed E-state index contributed by atoms with van der Waals surface area (Å²) in [5.41, 5.74) is -0.227. The lowest BCUT2D eigenvalue weighted by Crippen LogP contribution is -2.18. The van der Waals surface area contributed by atoms with Crippen LogP contribution in [0.4, 0.5) is 30.6 Å². The van der Waals surface area contributed by atoms with Crippen LogP contribution in [0.25, 0.3) is 10.9 Å². The number of methoxy groups -OCH3 is 1. The third-order valence-corrected chi connectivity index (χ3v) is 6.79. The third kappa shape index (κ3) is 4.28. The lowest BCUT2D eigenvalue weighted by Gasteiger charge is -2.15. The quantitative estimate of drug-likeness (QED) is 0.498. The Morgan fingerprint density at radius 3 is 2.71 bits per heavy atom. The van der Waals surface area contributed by atoms with Crippen molar-refractivity contribution in [3.8, 4) is 0 Å². The standard InChI is InChI=1S/C18H19F3N6O3S/c1-30-8-7-22-16-13(18(19,20)21)10-23-17(26-16)25-14-3-2-4-15-12(14)9-24-27(15)31(28,29)11-5-6-11/h2-4,9-11H,5-8H2,1H3,(H2,22,23,25,26). The van der Waals surface area contributed by atoms with Crippen LogP contribution in [0.3, 0.4) is 0 Å². The first-order chi connectivity index (χ1) is 14.7. The van der Waals surface area contributed by atoms with Crippen LogP contribution in [-0.4, -0.2) is 53.1 Å². The van der Waals surface area contributed by atoms with Crippen LogP contribution in [0.15, 0.2) is 30.6 Å². The first-order valence-corrected chi connectivity index (χ1v) is 10.9. The number of anilines is 3. The highest BCUT2D eigenvalue weighted by Crippen LogP contribution is 2.35. The molecule has 2 heterocycles. The van der Waals surface area contributed by atoms with Gasteiger partial charge in [0.2, 0.25) is 5.95 Å². The average molecular weight is 456 g/mol. The van der Waals surface area contributed by atoms with E-state index in [4.69, 9.17) is 4.74 Å². The van der Waals surface area contributed by atoms with Crippen LogP contribution in [0.5, 0.6) is 0 Å². The summed E-state index contributed by atoms with van der Waals surface area (Å²) in [6, 6.07) is 4.86. The van der Waals surface area contributed by atoms with Gasteiger partial charge in [0.1, 0.15) is 11.4 Å². The molecule has 0 radical (unpaired) electrons. The van der Waals surface area contributed by atoms with Gasteiger partial charge in [0.25, 0.3) is 10.0 Å². The molecular weight excluding hydrogens is 437 g/mol. The zero-order valence-electron chi connectivity index (χ0n) is 16.3. The van der Waals surface area contributed by atoms with Gasteiger partial charge in [-0.25, -0.2) is 13.4 Å². The smallest absolute Gasteiger partial charge is 0.383 e. The summed E-state index contributed by atoms with van der Waals surface area (Å²) >= 11 is 0. The number of nitrogens with one attached hydrogen (secondary N) is 2. The average Bonchev–Trinajstić information content (AvgIpc) is 3.47. The highest BCUT2D eigenvalue weighted by Gasteiger charge is 2.38. The van der Waals surface area contributed by atoms with E-state index < -0.39 is 27.0 Å². The number of hydrogen-bond donors (Lipinski definition) is 2. The zero-order valence-corrected chi connectivity index (χ0v) is 17.2. The molecule has 0 aliphatic heterocycles. The predicted octanol–water partition coefficient (Wildman–Crippen LogP) is 2.99. The molecule has 2 N–H and O–H groups in total. The topological polar surface area (TPSA) is 111 Å². The van der Waals surface area contributed by atoms with Crippen molar-refractivity contribution in [2.45, 2.75) is 24.3 Å². The summed E-state index contributed by atoms with van der Waals surface area (Å²) in [7, 11) is -2.15. The van der Waals surface area contributed by atoms with Gasteiger partial charge >= 0.3 is 6.18 Å². The second kappa shape index (κ2) is 7.96. The normalized spacial score (nSPS) is 14.7. The number of aromatic nitrogens is 4. The van der Waals surface area contributed by atoms with Gasteiger partial charge in [0, 0.05) is 25.2 Å². The Labute approximate surface area is 175 Å². The molecule has 166 valence electrons. The molecule has 2 aromatic heterocycles. The van der Waals surface area contributed by atoms with Crippen molar-refractivity contribution in [1.29, 1.82) is 0 Å². The van der Waals surface area contributed by atoms with Gasteiger partial charge in [-0.05, 0) is 25.0 Å². The third-order valence-electron chi connectivity index (χ3n) is 4.71. The minimum atomic E-state index is -4.63. The van der Waals surface area contributed by atoms with Crippen LogP contribution in [0, 0.1) is 0 Å². The van der Waals surface area contributed by atoms with E-state index in [0.29, 0.717) is 35.6 Å². The van der Waals surface area contributed by atoms with Crippen molar-refractivity contribution in [1.82, 2.24) is 19.2 Å². The maximum atomic E-state index is 13.3. The molecule has 1 aromatic carbocycles. The van der Waals surface area contributed by atoms with E-state index in [1.165, 1.54) is 13.3 Å². The number of alkyl halides is 3. The molecule has 1 saturated carbocycles. The second-order valence-electron chi connectivity index (χ2n) is 6.97. The van der Waals surface area contributed by atoms with Crippen LogP contribution in [0.1, 0.15) is 18.4 Å². The van der Waals surface area contributed by atoms with Crippen molar-refractivity contribution in [3.05, 3.63) is 36.2 Å². The molecule has 3 aromatic rings. The summed E-state index contributed by atoms with van der Waals surface area (Å²) in [6.45, 7) is 0.315. The summed E-state index contributed by atoms with van der Waals surface area (Å²) in [5, 5.41) is 9.51. The molecule has 1 aliphatic rings. The molecule has 1 fully saturated rings. The maximum Gasteiger partial charge on any atom is 0.421 e. The van der Waals surface area contributed by atoms with Crippen molar-refractivity contribution < 1.29 is 26.3 Å².